The summed E-state index contributed by atoms with van der Waals surface area (Å²) in [6.07, 6.45) is 0. The quantitative estimate of drug-likeness (QED) is 0.602. The number of aryl methyl sites for hydroxylation is 1. The maximum Gasteiger partial charge on any atom is 0.349 e. The van der Waals surface area contributed by atoms with Crippen LogP contribution in [0.3, 0.4) is 0 Å². The van der Waals surface area contributed by atoms with E-state index in [2.05, 4.69) is 15.9 Å². The zero-order valence-electron chi connectivity index (χ0n) is 10.7. The summed E-state index contributed by atoms with van der Waals surface area (Å²) >= 11 is 9.09. The molecule has 3 nitrogen and oxygen atoms in total. The number of carbonyl (C=O) groups is 1. The van der Waals surface area contributed by atoms with Crippen LogP contribution in [0, 0.1) is 6.92 Å². The Balaban J connectivity index is 1.90. The normalized spacial score (nSPS) is 10.2. The first-order valence-corrected chi connectivity index (χ1v) is 7.07. The van der Waals surface area contributed by atoms with Crippen LogP contribution in [-0.2, 0) is 4.79 Å². The maximum absolute atomic E-state index is 11.7. The van der Waals surface area contributed by atoms with Gasteiger partial charge in [-0.3, -0.25) is 0 Å². The van der Waals surface area contributed by atoms with Crippen molar-refractivity contribution in [2.75, 3.05) is 6.61 Å². The molecule has 0 bridgehead atoms. The molecule has 0 aliphatic heterocycles. The average Bonchev–Trinajstić information content (AvgIpc) is 2.41. The molecule has 104 valence electrons. The molecule has 20 heavy (non-hydrogen) atoms. The Labute approximate surface area is 130 Å². The second-order valence-corrected chi connectivity index (χ2v) is 5.44. The number of hydrogen-bond donors (Lipinski definition) is 0. The number of ether oxygens (including phenoxy) is 2. The van der Waals surface area contributed by atoms with Gasteiger partial charge in [0.1, 0.15) is 11.5 Å². The van der Waals surface area contributed by atoms with Gasteiger partial charge in [-0.1, -0.05) is 29.3 Å². The first-order chi connectivity index (χ1) is 9.54. The molecule has 2 aromatic rings. The van der Waals surface area contributed by atoms with Crippen molar-refractivity contribution in [2.24, 2.45) is 0 Å². The molecular formula is C15H12BrClO3. The van der Waals surface area contributed by atoms with Crippen LogP contribution in [0.25, 0.3) is 0 Å². The number of hydrogen-bond acceptors (Lipinski definition) is 3. The lowest BCUT2D eigenvalue weighted by Gasteiger charge is -2.08. The van der Waals surface area contributed by atoms with Crippen molar-refractivity contribution in [3.8, 4) is 11.5 Å². The van der Waals surface area contributed by atoms with Crippen LogP contribution in [0.2, 0.25) is 5.02 Å². The summed E-state index contributed by atoms with van der Waals surface area (Å²) in [5.41, 5.74) is 1.13. The van der Waals surface area contributed by atoms with Crippen LogP contribution in [0.5, 0.6) is 11.5 Å². The fraction of sp³-hybridized carbons (Fsp3) is 0.133. The molecule has 0 saturated heterocycles. The van der Waals surface area contributed by atoms with E-state index in [1.807, 2.05) is 19.1 Å². The molecule has 0 fully saturated rings. The average molecular weight is 356 g/mol. The Kier molecular flexibility index (Phi) is 5.04. The van der Waals surface area contributed by atoms with E-state index < -0.39 is 5.97 Å². The molecule has 0 heterocycles. The Bertz CT molecular complexity index is 611. The molecule has 0 unspecified atom stereocenters. The Hall–Kier alpha value is -1.52. The second-order valence-electron chi connectivity index (χ2n) is 4.15. The first-order valence-electron chi connectivity index (χ1n) is 5.90. The molecule has 0 N–H and O–H groups in total. The van der Waals surface area contributed by atoms with Gasteiger partial charge >= 0.3 is 5.97 Å². The molecule has 2 rings (SSSR count). The monoisotopic (exact) mass is 354 g/mol. The highest BCUT2D eigenvalue weighted by Gasteiger charge is 2.09. The molecule has 5 heteroatoms. The Morgan fingerprint density at radius 2 is 1.90 bits per heavy atom. The summed E-state index contributed by atoms with van der Waals surface area (Å²) in [6.45, 7) is 1.83. The minimum Gasteiger partial charge on any atom is -0.482 e. The van der Waals surface area contributed by atoms with Gasteiger partial charge in [0, 0.05) is 5.02 Å². The largest absolute Gasteiger partial charge is 0.482 e. The van der Waals surface area contributed by atoms with E-state index in [1.54, 1.807) is 30.3 Å². The summed E-state index contributed by atoms with van der Waals surface area (Å²) in [5, 5.41) is 0.563. The molecule has 0 aliphatic carbocycles. The lowest BCUT2D eigenvalue weighted by molar-refractivity contribution is -0.136. The van der Waals surface area contributed by atoms with E-state index in [1.165, 1.54) is 0 Å². The number of halogens is 2. The third-order valence-corrected chi connectivity index (χ3v) is 3.35. The van der Waals surface area contributed by atoms with Gasteiger partial charge in [-0.25, -0.2) is 4.79 Å². The van der Waals surface area contributed by atoms with E-state index in [4.69, 9.17) is 21.1 Å². The van der Waals surface area contributed by atoms with Gasteiger partial charge in [0.25, 0.3) is 0 Å². The minimum absolute atomic E-state index is 0.155. The van der Waals surface area contributed by atoms with Crippen molar-refractivity contribution >= 4 is 33.5 Å². The highest BCUT2D eigenvalue weighted by molar-refractivity contribution is 9.10. The van der Waals surface area contributed by atoms with Gasteiger partial charge < -0.3 is 9.47 Å². The second kappa shape index (κ2) is 6.77. The third-order valence-electron chi connectivity index (χ3n) is 2.50. The van der Waals surface area contributed by atoms with Crippen LogP contribution < -0.4 is 9.47 Å². The lowest BCUT2D eigenvalue weighted by Crippen LogP contribution is -2.17. The predicted molar refractivity (Wildman–Crippen MR) is 81.5 cm³/mol. The van der Waals surface area contributed by atoms with Crippen molar-refractivity contribution in [3.63, 3.8) is 0 Å². The molecule has 0 spiro atoms. The first kappa shape index (κ1) is 14.9. The van der Waals surface area contributed by atoms with Crippen molar-refractivity contribution in [3.05, 3.63) is 57.5 Å². The lowest BCUT2D eigenvalue weighted by atomic mass is 10.2. The van der Waals surface area contributed by atoms with Crippen LogP contribution >= 0.6 is 27.5 Å². The summed E-state index contributed by atoms with van der Waals surface area (Å²) in [4.78, 5) is 11.7. The molecule has 0 radical (unpaired) electrons. The highest BCUT2D eigenvalue weighted by atomic mass is 79.9. The van der Waals surface area contributed by atoms with E-state index >= 15 is 0 Å². The van der Waals surface area contributed by atoms with Gasteiger partial charge in [0.15, 0.2) is 6.61 Å². The van der Waals surface area contributed by atoms with E-state index in [-0.39, 0.29) is 6.61 Å². The third kappa shape index (κ3) is 4.25. The fourth-order valence-electron chi connectivity index (χ4n) is 1.49. The minimum atomic E-state index is -0.478. The van der Waals surface area contributed by atoms with Gasteiger partial charge in [-0.15, -0.1) is 0 Å². The van der Waals surface area contributed by atoms with E-state index in [9.17, 15) is 4.79 Å². The van der Waals surface area contributed by atoms with E-state index in [0.29, 0.717) is 21.0 Å². The number of carbonyl (C=O) groups excluding carboxylic acids is 1. The molecule has 0 amide bonds. The number of rotatable bonds is 4. The van der Waals surface area contributed by atoms with Crippen LogP contribution in [0.4, 0.5) is 0 Å². The highest BCUT2D eigenvalue weighted by Crippen LogP contribution is 2.28. The van der Waals surface area contributed by atoms with Gasteiger partial charge in [0.2, 0.25) is 0 Å². The van der Waals surface area contributed by atoms with Crippen molar-refractivity contribution < 1.29 is 14.3 Å². The molecule has 0 aliphatic rings. The van der Waals surface area contributed by atoms with E-state index in [0.717, 1.165) is 5.56 Å². The van der Waals surface area contributed by atoms with Gasteiger partial charge in [0.05, 0.1) is 4.47 Å². The summed E-state index contributed by atoms with van der Waals surface area (Å²) in [5.74, 6) is 0.559. The van der Waals surface area contributed by atoms with Gasteiger partial charge in [-0.05, 0) is 53.2 Å². The van der Waals surface area contributed by atoms with Crippen molar-refractivity contribution in [1.29, 1.82) is 0 Å². The van der Waals surface area contributed by atoms with Crippen LogP contribution in [-0.4, -0.2) is 12.6 Å². The standard InChI is InChI=1S/C15H12BrClO3/c1-10-2-5-12(6-3-10)19-9-15(18)20-14-7-4-11(17)8-13(14)16/h2-8H,9H2,1H3. The molecule has 0 aromatic heterocycles. The van der Waals surface area contributed by atoms with Crippen molar-refractivity contribution in [1.82, 2.24) is 0 Å². The molecule has 0 atom stereocenters. The molecule has 0 saturated carbocycles. The van der Waals surface area contributed by atoms with Crippen LogP contribution in [0.1, 0.15) is 5.56 Å². The SMILES string of the molecule is Cc1ccc(OCC(=O)Oc2ccc(Cl)cc2Br)cc1. The maximum atomic E-state index is 11.7. The Morgan fingerprint density at radius 1 is 1.20 bits per heavy atom. The summed E-state index contributed by atoms with van der Waals surface area (Å²) in [7, 11) is 0. The number of esters is 1. The van der Waals surface area contributed by atoms with Crippen LogP contribution in [0.15, 0.2) is 46.9 Å². The van der Waals surface area contributed by atoms with Gasteiger partial charge in [-0.2, -0.15) is 0 Å². The predicted octanol–water partition coefficient (Wildman–Crippen LogP) is 4.40. The molecular weight excluding hydrogens is 344 g/mol. The smallest absolute Gasteiger partial charge is 0.349 e. The summed E-state index contributed by atoms with van der Waals surface area (Å²) in [6, 6.07) is 12.4. The zero-order chi connectivity index (χ0) is 14.5. The van der Waals surface area contributed by atoms with Crippen molar-refractivity contribution in [2.45, 2.75) is 6.92 Å². The summed E-state index contributed by atoms with van der Waals surface area (Å²) < 4.78 is 11.1. The zero-order valence-corrected chi connectivity index (χ0v) is 13.1. The molecule has 2 aromatic carbocycles. The number of benzene rings is 2. The topological polar surface area (TPSA) is 35.5 Å². The fourth-order valence-corrected chi connectivity index (χ4v) is 2.25. The Morgan fingerprint density at radius 3 is 2.55 bits per heavy atom.